The molecule has 7 heteroatoms. The zero-order chi connectivity index (χ0) is 15.6. The first-order valence-electron chi connectivity index (χ1n) is 6.65. The first-order chi connectivity index (χ1) is 10.6. The number of hydrogen-bond donors (Lipinski definition) is 1. The van der Waals surface area contributed by atoms with Crippen molar-refractivity contribution in [3.8, 4) is 5.75 Å². The average Bonchev–Trinajstić information content (AvgIpc) is 2.96. The van der Waals surface area contributed by atoms with Crippen molar-refractivity contribution in [3.63, 3.8) is 0 Å². The molecule has 0 bridgehead atoms. The van der Waals surface area contributed by atoms with Gasteiger partial charge in [-0.05, 0) is 42.5 Å². The largest absolute Gasteiger partial charge is 0.497 e. The lowest BCUT2D eigenvalue weighted by molar-refractivity contribution is 0.414. The van der Waals surface area contributed by atoms with Gasteiger partial charge >= 0.3 is 0 Å². The number of fused-ring (bicyclic) bond motifs is 1. The lowest BCUT2D eigenvalue weighted by Gasteiger charge is -2.06. The summed E-state index contributed by atoms with van der Waals surface area (Å²) in [5, 5.41) is 4.31. The summed E-state index contributed by atoms with van der Waals surface area (Å²) in [6.07, 6.45) is 1.82. The molecule has 0 radical (unpaired) electrons. The Morgan fingerprint density at radius 3 is 2.64 bits per heavy atom. The molecule has 0 saturated carbocycles. The predicted molar refractivity (Wildman–Crippen MR) is 82.2 cm³/mol. The maximum Gasteiger partial charge on any atom is 0.240 e. The standard InChI is InChI=1S/C15H15N3O3S/c1-21-14-5-7-15(8-6-14)22(19,20)16-11-12-10-13-4-2-3-9-18(13)17-12/h2-10,16H,11H2,1H3. The first kappa shape index (κ1) is 14.6. The summed E-state index contributed by atoms with van der Waals surface area (Å²) < 4.78 is 33.7. The van der Waals surface area contributed by atoms with Gasteiger partial charge < -0.3 is 4.74 Å². The van der Waals surface area contributed by atoms with E-state index < -0.39 is 10.0 Å². The van der Waals surface area contributed by atoms with Gasteiger partial charge in [0, 0.05) is 6.20 Å². The lowest BCUT2D eigenvalue weighted by Crippen LogP contribution is -2.23. The molecule has 6 nitrogen and oxygen atoms in total. The number of benzene rings is 1. The maximum absolute atomic E-state index is 12.2. The Kier molecular flexibility index (Phi) is 3.82. The highest BCUT2D eigenvalue weighted by Gasteiger charge is 2.14. The Labute approximate surface area is 128 Å². The molecule has 1 aromatic carbocycles. The van der Waals surface area contributed by atoms with Gasteiger partial charge in [-0.15, -0.1) is 0 Å². The molecular weight excluding hydrogens is 302 g/mol. The highest BCUT2D eigenvalue weighted by Crippen LogP contribution is 2.15. The average molecular weight is 317 g/mol. The van der Waals surface area contributed by atoms with E-state index in [1.165, 1.54) is 19.2 Å². The van der Waals surface area contributed by atoms with E-state index in [1.54, 1.807) is 16.6 Å². The zero-order valence-corrected chi connectivity index (χ0v) is 12.7. The maximum atomic E-state index is 12.2. The molecular formula is C15H15N3O3S. The lowest BCUT2D eigenvalue weighted by atomic mass is 10.3. The number of pyridine rings is 1. The fourth-order valence-electron chi connectivity index (χ4n) is 2.08. The third-order valence-corrected chi connectivity index (χ3v) is 4.65. The number of sulfonamides is 1. The summed E-state index contributed by atoms with van der Waals surface area (Å²) in [6, 6.07) is 13.8. The van der Waals surface area contributed by atoms with Crippen LogP contribution in [0.5, 0.6) is 5.75 Å². The van der Waals surface area contributed by atoms with Gasteiger partial charge in [0.2, 0.25) is 10.0 Å². The van der Waals surface area contributed by atoms with E-state index in [1.807, 2.05) is 30.5 Å². The van der Waals surface area contributed by atoms with Gasteiger partial charge in [0.05, 0.1) is 29.8 Å². The van der Waals surface area contributed by atoms with Crippen LogP contribution in [0.1, 0.15) is 5.69 Å². The van der Waals surface area contributed by atoms with E-state index in [2.05, 4.69) is 9.82 Å². The van der Waals surface area contributed by atoms with E-state index in [0.29, 0.717) is 11.4 Å². The summed E-state index contributed by atoms with van der Waals surface area (Å²) in [5.74, 6) is 0.610. The topological polar surface area (TPSA) is 72.7 Å². The second-order valence-electron chi connectivity index (χ2n) is 4.71. The molecule has 0 aliphatic rings. The molecule has 2 aromatic heterocycles. The highest BCUT2D eigenvalue weighted by atomic mass is 32.2. The molecule has 0 unspecified atom stereocenters. The Morgan fingerprint density at radius 1 is 1.18 bits per heavy atom. The molecule has 22 heavy (non-hydrogen) atoms. The minimum absolute atomic E-state index is 0.135. The molecule has 0 fully saturated rings. The second-order valence-corrected chi connectivity index (χ2v) is 6.47. The van der Waals surface area contributed by atoms with Crippen molar-refractivity contribution in [2.24, 2.45) is 0 Å². The summed E-state index contributed by atoms with van der Waals surface area (Å²) in [4.78, 5) is 0.192. The number of rotatable bonds is 5. The molecule has 1 N–H and O–H groups in total. The van der Waals surface area contributed by atoms with Gasteiger partial charge in [-0.25, -0.2) is 17.7 Å². The van der Waals surface area contributed by atoms with Crippen LogP contribution in [0.25, 0.3) is 5.52 Å². The minimum atomic E-state index is -3.58. The van der Waals surface area contributed by atoms with Gasteiger partial charge in [0.15, 0.2) is 0 Å². The Bertz CT molecular complexity index is 853. The molecule has 3 aromatic rings. The molecule has 114 valence electrons. The molecule has 0 atom stereocenters. The van der Waals surface area contributed by atoms with Gasteiger partial charge in [-0.3, -0.25) is 0 Å². The molecule has 2 heterocycles. The minimum Gasteiger partial charge on any atom is -0.497 e. The van der Waals surface area contributed by atoms with Crippen molar-refractivity contribution in [1.82, 2.24) is 14.3 Å². The molecule has 0 aliphatic carbocycles. The van der Waals surface area contributed by atoms with Crippen LogP contribution in [-0.4, -0.2) is 25.1 Å². The number of aromatic nitrogens is 2. The van der Waals surface area contributed by atoms with Crippen molar-refractivity contribution in [2.75, 3.05) is 7.11 Å². The summed E-state index contributed by atoms with van der Waals surface area (Å²) >= 11 is 0. The van der Waals surface area contributed by atoms with E-state index >= 15 is 0 Å². The Morgan fingerprint density at radius 2 is 1.95 bits per heavy atom. The number of methoxy groups -OCH3 is 1. The number of nitrogens with one attached hydrogen (secondary N) is 1. The molecule has 3 rings (SSSR count). The molecule has 0 saturated heterocycles. The van der Waals surface area contributed by atoms with Crippen LogP contribution in [0.15, 0.2) is 59.6 Å². The number of hydrogen-bond acceptors (Lipinski definition) is 4. The monoisotopic (exact) mass is 317 g/mol. The van der Waals surface area contributed by atoms with E-state index in [9.17, 15) is 8.42 Å². The number of nitrogens with zero attached hydrogens (tertiary/aromatic N) is 2. The normalized spacial score (nSPS) is 11.7. The molecule has 0 spiro atoms. The summed E-state index contributed by atoms with van der Waals surface area (Å²) in [5.41, 5.74) is 1.57. The van der Waals surface area contributed by atoms with Crippen LogP contribution in [0, 0.1) is 0 Å². The number of ether oxygens (including phenoxy) is 1. The fraction of sp³-hybridized carbons (Fsp3) is 0.133. The highest BCUT2D eigenvalue weighted by molar-refractivity contribution is 7.89. The van der Waals surface area contributed by atoms with Crippen LogP contribution in [0.4, 0.5) is 0 Å². The molecule has 0 amide bonds. The van der Waals surface area contributed by atoms with Crippen molar-refractivity contribution < 1.29 is 13.2 Å². The summed E-state index contributed by atoms with van der Waals surface area (Å²) in [7, 11) is -2.04. The fourth-order valence-corrected chi connectivity index (χ4v) is 3.08. The van der Waals surface area contributed by atoms with Crippen LogP contribution in [-0.2, 0) is 16.6 Å². The SMILES string of the molecule is COc1ccc(S(=O)(=O)NCc2cc3ccccn3n2)cc1. The quantitative estimate of drug-likeness (QED) is 0.779. The van der Waals surface area contributed by atoms with Crippen molar-refractivity contribution >= 4 is 15.5 Å². The van der Waals surface area contributed by atoms with Gasteiger partial charge in [0.25, 0.3) is 0 Å². The van der Waals surface area contributed by atoms with E-state index in [4.69, 9.17) is 4.74 Å². The Balaban J connectivity index is 1.76. The van der Waals surface area contributed by atoms with Crippen LogP contribution in [0.3, 0.4) is 0 Å². The van der Waals surface area contributed by atoms with Gasteiger partial charge in [-0.1, -0.05) is 6.07 Å². The summed E-state index contributed by atoms with van der Waals surface area (Å²) in [6.45, 7) is 0.135. The second kappa shape index (κ2) is 5.78. The van der Waals surface area contributed by atoms with Crippen molar-refractivity contribution in [1.29, 1.82) is 0 Å². The van der Waals surface area contributed by atoms with Gasteiger partial charge in [0.1, 0.15) is 5.75 Å². The third-order valence-electron chi connectivity index (χ3n) is 3.23. The smallest absolute Gasteiger partial charge is 0.240 e. The van der Waals surface area contributed by atoms with Crippen molar-refractivity contribution in [2.45, 2.75) is 11.4 Å². The zero-order valence-electron chi connectivity index (χ0n) is 11.9. The predicted octanol–water partition coefficient (Wildman–Crippen LogP) is 1.82. The first-order valence-corrected chi connectivity index (χ1v) is 8.14. The van der Waals surface area contributed by atoms with Crippen LogP contribution in [0.2, 0.25) is 0 Å². The van der Waals surface area contributed by atoms with Crippen molar-refractivity contribution in [3.05, 3.63) is 60.4 Å². The van der Waals surface area contributed by atoms with E-state index in [-0.39, 0.29) is 11.4 Å². The molecule has 0 aliphatic heterocycles. The third kappa shape index (κ3) is 2.95. The van der Waals surface area contributed by atoms with Crippen LogP contribution >= 0.6 is 0 Å². The van der Waals surface area contributed by atoms with E-state index in [0.717, 1.165) is 5.52 Å². The van der Waals surface area contributed by atoms with Crippen LogP contribution < -0.4 is 9.46 Å². The Hall–Kier alpha value is -2.38. The van der Waals surface area contributed by atoms with Gasteiger partial charge in [-0.2, -0.15) is 5.10 Å².